The highest BCUT2D eigenvalue weighted by Gasteiger charge is 2.38. The van der Waals surface area contributed by atoms with Crippen LogP contribution in [0, 0.1) is 0 Å². The first-order valence-electron chi connectivity index (χ1n) is 8.55. The van der Waals surface area contributed by atoms with Gasteiger partial charge in [-0.25, -0.2) is 0 Å². The molecule has 1 unspecified atom stereocenters. The number of aromatic hydroxyl groups is 1. The molecule has 2 aliphatic rings. The maximum atomic E-state index is 12.6. The van der Waals surface area contributed by atoms with E-state index in [-0.39, 0.29) is 23.9 Å². The Balaban J connectivity index is 1.90. The van der Waals surface area contributed by atoms with Crippen LogP contribution in [-0.2, 0) is 4.79 Å². The first-order chi connectivity index (χ1) is 12.9. The van der Waals surface area contributed by atoms with Crippen molar-refractivity contribution in [2.45, 2.75) is 26.2 Å². The van der Waals surface area contributed by atoms with E-state index in [2.05, 4.69) is 0 Å². The minimum atomic E-state index is -0.405. The highest BCUT2D eigenvalue weighted by molar-refractivity contribution is 6.13. The lowest BCUT2D eigenvalue weighted by atomic mass is 9.84. The van der Waals surface area contributed by atoms with E-state index in [9.17, 15) is 14.7 Å². The van der Waals surface area contributed by atoms with Gasteiger partial charge in [-0.15, -0.1) is 0 Å². The van der Waals surface area contributed by atoms with Gasteiger partial charge in [0.25, 0.3) is 0 Å². The number of ketones is 1. The SMILES string of the molecule is COc1ccc(C2CC(=O)Oc3ccc4c(c32)OC(=C(C)C)C4=O)cc1O. The molecule has 0 spiro atoms. The Morgan fingerprint density at radius 1 is 1.15 bits per heavy atom. The van der Waals surface area contributed by atoms with Gasteiger partial charge in [-0.1, -0.05) is 6.07 Å². The van der Waals surface area contributed by atoms with Crippen LogP contribution in [0.15, 0.2) is 41.7 Å². The van der Waals surface area contributed by atoms with Crippen molar-refractivity contribution in [2.24, 2.45) is 0 Å². The molecule has 6 nitrogen and oxygen atoms in total. The highest BCUT2D eigenvalue weighted by Crippen LogP contribution is 2.49. The summed E-state index contributed by atoms with van der Waals surface area (Å²) >= 11 is 0. The standard InChI is InChI=1S/C21H18O6/c1-10(2)20-19(24)12-5-7-16-18(21(12)27-20)13(9-17(23)26-16)11-4-6-15(25-3)14(22)8-11/h4-8,13,22H,9H2,1-3H3. The number of fused-ring (bicyclic) bond motifs is 3. The van der Waals surface area contributed by atoms with E-state index in [1.165, 1.54) is 7.11 Å². The predicted octanol–water partition coefficient (Wildman–Crippen LogP) is 3.71. The molecule has 2 aromatic rings. The van der Waals surface area contributed by atoms with E-state index < -0.39 is 5.92 Å². The van der Waals surface area contributed by atoms with Crippen molar-refractivity contribution in [3.63, 3.8) is 0 Å². The normalized spacial score (nSPS) is 17.7. The summed E-state index contributed by atoms with van der Waals surface area (Å²) in [6.07, 6.45) is 0.0803. The van der Waals surface area contributed by atoms with Crippen molar-refractivity contribution in [3.8, 4) is 23.0 Å². The molecular formula is C21H18O6. The number of Topliss-reactive ketones (excluding diaryl/α,β-unsaturated/α-hetero) is 1. The van der Waals surface area contributed by atoms with Gasteiger partial charge in [0.05, 0.1) is 19.1 Å². The number of methoxy groups -OCH3 is 1. The molecule has 0 amide bonds. The Labute approximate surface area is 156 Å². The third kappa shape index (κ3) is 2.65. The number of phenols is 1. The maximum absolute atomic E-state index is 12.6. The number of carbonyl (C=O) groups excluding carboxylic acids is 2. The van der Waals surface area contributed by atoms with Crippen LogP contribution in [-0.4, -0.2) is 24.0 Å². The second-order valence-corrected chi connectivity index (χ2v) is 6.78. The number of hydrogen-bond donors (Lipinski definition) is 1. The zero-order valence-electron chi connectivity index (χ0n) is 15.2. The van der Waals surface area contributed by atoms with Crippen LogP contribution in [0.3, 0.4) is 0 Å². The molecule has 2 aliphatic heterocycles. The fourth-order valence-corrected chi connectivity index (χ4v) is 3.53. The van der Waals surface area contributed by atoms with Crippen molar-refractivity contribution >= 4 is 11.8 Å². The van der Waals surface area contributed by atoms with E-state index in [0.29, 0.717) is 39.7 Å². The summed E-state index contributed by atoms with van der Waals surface area (Å²) in [4.78, 5) is 24.8. The third-order valence-corrected chi connectivity index (χ3v) is 4.81. The Bertz CT molecular complexity index is 1010. The molecule has 1 N–H and O–H groups in total. The van der Waals surface area contributed by atoms with Gasteiger partial charge in [-0.05, 0) is 49.2 Å². The van der Waals surface area contributed by atoms with Crippen LogP contribution in [0.1, 0.15) is 47.7 Å². The fraction of sp³-hybridized carbons (Fsp3) is 0.238. The molecule has 2 heterocycles. The van der Waals surface area contributed by atoms with Crippen LogP contribution in [0.25, 0.3) is 0 Å². The van der Waals surface area contributed by atoms with Crippen molar-refractivity contribution in [1.82, 2.24) is 0 Å². The molecule has 0 fully saturated rings. The maximum Gasteiger partial charge on any atom is 0.312 e. The number of carbonyl (C=O) groups is 2. The van der Waals surface area contributed by atoms with Gasteiger partial charge in [0, 0.05) is 11.5 Å². The molecule has 0 radical (unpaired) electrons. The molecule has 6 heteroatoms. The van der Waals surface area contributed by atoms with Crippen LogP contribution < -0.4 is 14.2 Å². The Kier molecular flexibility index (Phi) is 3.91. The van der Waals surface area contributed by atoms with Crippen LogP contribution >= 0.6 is 0 Å². The fourth-order valence-electron chi connectivity index (χ4n) is 3.53. The molecule has 138 valence electrons. The lowest BCUT2D eigenvalue weighted by Crippen LogP contribution is -2.21. The quantitative estimate of drug-likeness (QED) is 0.496. The number of benzene rings is 2. The van der Waals surface area contributed by atoms with Gasteiger partial charge in [-0.2, -0.15) is 0 Å². The summed E-state index contributed by atoms with van der Waals surface area (Å²) in [6, 6.07) is 8.22. The van der Waals surface area contributed by atoms with Crippen LogP contribution in [0.5, 0.6) is 23.0 Å². The average Bonchev–Trinajstić information content (AvgIpc) is 2.98. The van der Waals surface area contributed by atoms with Gasteiger partial charge >= 0.3 is 5.97 Å². The lowest BCUT2D eigenvalue weighted by Gasteiger charge is -2.26. The zero-order valence-corrected chi connectivity index (χ0v) is 15.2. The summed E-state index contributed by atoms with van der Waals surface area (Å²) in [5, 5.41) is 10.2. The van der Waals surface area contributed by atoms with Crippen LogP contribution in [0.4, 0.5) is 0 Å². The molecular weight excluding hydrogens is 348 g/mol. The Hall–Kier alpha value is -3.28. The summed E-state index contributed by atoms with van der Waals surface area (Å²) in [7, 11) is 1.47. The summed E-state index contributed by atoms with van der Waals surface area (Å²) in [6.45, 7) is 3.62. The summed E-state index contributed by atoms with van der Waals surface area (Å²) in [5.74, 6) is 0.438. The van der Waals surface area contributed by atoms with Gasteiger partial charge in [0.1, 0.15) is 11.5 Å². The van der Waals surface area contributed by atoms with Gasteiger partial charge in [-0.3, -0.25) is 9.59 Å². The molecule has 1 atom stereocenters. The van der Waals surface area contributed by atoms with E-state index in [0.717, 1.165) is 5.57 Å². The summed E-state index contributed by atoms with van der Waals surface area (Å²) < 4.78 is 16.4. The van der Waals surface area contributed by atoms with Crippen LogP contribution in [0.2, 0.25) is 0 Å². The highest BCUT2D eigenvalue weighted by atomic mass is 16.5. The first kappa shape index (κ1) is 17.1. The van der Waals surface area contributed by atoms with E-state index in [1.54, 1.807) is 30.3 Å². The molecule has 2 aromatic carbocycles. The topological polar surface area (TPSA) is 82.1 Å². The zero-order chi connectivity index (χ0) is 19.3. The largest absolute Gasteiger partial charge is 0.504 e. The number of phenolic OH excluding ortho intramolecular Hbond substituents is 1. The van der Waals surface area contributed by atoms with Gasteiger partial charge in [0.2, 0.25) is 5.78 Å². The van der Waals surface area contributed by atoms with Gasteiger partial charge in [0.15, 0.2) is 17.3 Å². The molecule has 0 aromatic heterocycles. The number of hydrogen-bond acceptors (Lipinski definition) is 6. The number of rotatable bonds is 2. The molecule has 0 aliphatic carbocycles. The second kappa shape index (κ2) is 6.16. The van der Waals surface area contributed by atoms with E-state index >= 15 is 0 Å². The van der Waals surface area contributed by atoms with Crippen molar-refractivity contribution in [2.75, 3.05) is 7.11 Å². The Morgan fingerprint density at radius 3 is 2.59 bits per heavy atom. The average molecular weight is 366 g/mol. The minimum Gasteiger partial charge on any atom is -0.504 e. The number of allylic oxidation sites excluding steroid dienone is 2. The number of ether oxygens (including phenoxy) is 3. The number of esters is 1. The lowest BCUT2D eigenvalue weighted by molar-refractivity contribution is -0.135. The third-order valence-electron chi connectivity index (χ3n) is 4.81. The van der Waals surface area contributed by atoms with E-state index in [1.807, 2.05) is 13.8 Å². The molecule has 27 heavy (non-hydrogen) atoms. The molecule has 0 bridgehead atoms. The first-order valence-corrected chi connectivity index (χ1v) is 8.55. The van der Waals surface area contributed by atoms with Crippen molar-refractivity contribution in [1.29, 1.82) is 0 Å². The minimum absolute atomic E-state index is 0.0231. The monoisotopic (exact) mass is 366 g/mol. The molecule has 4 rings (SSSR count). The van der Waals surface area contributed by atoms with Crippen molar-refractivity contribution in [3.05, 3.63) is 58.4 Å². The predicted molar refractivity (Wildman–Crippen MR) is 96.5 cm³/mol. The summed E-state index contributed by atoms with van der Waals surface area (Å²) in [5.41, 5.74) is 2.57. The smallest absolute Gasteiger partial charge is 0.312 e. The van der Waals surface area contributed by atoms with E-state index in [4.69, 9.17) is 14.2 Å². The molecule has 0 saturated carbocycles. The van der Waals surface area contributed by atoms with Crippen molar-refractivity contribution < 1.29 is 28.9 Å². The molecule has 0 saturated heterocycles. The second-order valence-electron chi connectivity index (χ2n) is 6.78. The van der Waals surface area contributed by atoms with Gasteiger partial charge < -0.3 is 19.3 Å². The Morgan fingerprint density at radius 2 is 1.93 bits per heavy atom.